The molecule has 0 fully saturated rings. The summed E-state index contributed by atoms with van der Waals surface area (Å²) in [5.74, 6) is -1.69. The molecule has 2 aromatic heterocycles. The minimum atomic E-state index is -0.615. The first-order valence-electron chi connectivity index (χ1n) is 8.77. The molecule has 0 saturated heterocycles. The van der Waals surface area contributed by atoms with Crippen molar-refractivity contribution in [1.29, 1.82) is 0 Å². The third-order valence-corrected chi connectivity index (χ3v) is 4.51. The van der Waals surface area contributed by atoms with Crippen LogP contribution < -0.4 is 5.32 Å². The Morgan fingerprint density at radius 1 is 1.10 bits per heavy atom. The second-order valence-corrected chi connectivity index (χ2v) is 6.71. The monoisotopic (exact) mass is 426 g/mol. The van der Waals surface area contributed by atoms with Gasteiger partial charge in [-0.25, -0.2) is 18.7 Å². The van der Waals surface area contributed by atoms with Crippen LogP contribution in [0.4, 0.5) is 14.7 Å². The van der Waals surface area contributed by atoms with Gasteiger partial charge in [-0.2, -0.15) is 0 Å². The molecule has 0 atom stereocenters. The van der Waals surface area contributed by atoms with Gasteiger partial charge in [0, 0.05) is 16.8 Å². The van der Waals surface area contributed by atoms with Crippen molar-refractivity contribution in [3.05, 3.63) is 83.3 Å². The van der Waals surface area contributed by atoms with Gasteiger partial charge in [-0.3, -0.25) is 10.1 Å². The van der Waals surface area contributed by atoms with Crippen molar-refractivity contribution >= 4 is 23.4 Å². The number of carbonyl (C=O) groups is 1. The maximum absolute atomic E-state index is 14.5. The van der Waals surface area contributed by atoms with Crippen LogP contribution in [0, 0.1) is 11.6 Å². The molecule has 0 unspecified atom stereocenters. The second-order valence-electron chi connectivity index (χ2n) is 6.27. The topological polar surface area (TPSA) is 80.9 Å². The number of halogens is 3. The number of nitrogens with one attached hydrogen (secondary N) is 1. The molecule has 0 radical (unpaired) electrons. The summed E-state index contributed by atoms with van der Waals surface area (Å²) < 4.78 is 33.7. The number of carbonyl (C=O) groups excluding carboxylic acids is 1. The molecular weight excluding hydrogens is 414 g/mol. The number of rotatable bonds is 5. The van der Waals surface area contributed by atoms with Crippen molar-refractivity contribution in [3.63, 3.8) is 0 Å². The van der Waals surface area contributed by atoms with E-state index in [1.165, 1.54) is 42.9 Å². The highest BCUT2D eigenvalue weighted by atomic mass is 35.5. The Kier molecular flexibility index (Phi) is 5.49. The number of anilines is 1. The number of hydrogen-bond donors (Lipinski definition) is 1. The van der Waals surface area contributed by atoms with E-state index in [1.807, 2.05) is 0 Å². The van der Waals surface area contributed by atoms with Gasteiger partial charge in [0.2, 0.25) is 11.8 Å². The molecule has 4 aromatic rings. The zero-order chi connectivity index (χ0) is 21.1. The van der Waals surface area contributed by atoms with Gasteiger partial charge in [-0.15, -0.1) is 0 Å². The maximum atomic E-state index is 14.5. The fourth-order valence-electron chi connectivity index (χ4n) is 2.90. The summed E-state index contributed by atoms with van der Waals surface area (Å²) in [5.41, 5.74) is 1.09. The minimum absolute atomic E-state index is 0.0422. The van der Waals surface area contributed by atoms with Crippen LogP contribution in [0.25, 0.3) is 22.5 Å². The van der Waals surface area contributed by atoms with Gasteiger partial charge in [0.25, 0.3) is 0 Å². The molecule has 150 valence electrons. The summed E-state index contributed by atoms with van der Waals surface area (Å²) in [5, 5.41) is 6.71. The molecule has 4 rings (SSSR count). The second kappa shape index (κ2) is 8.38. The number of hydrogen-bond acceptors (Lipinski definition) is 5. The van der Waals surface area contributed by atoms with E-state index < -0.39 is 17.5 Å². The van der Waals surface area contributed by atoms with Crippen LogP contribution in [-0.4, -0.2) is 21.0 Å². The van der Waals surface area contributed by atoms with Gasteiger partial charge in [0.05, 0.1) is 17.7 Å². The third-order valence-electron chi connectivity index (χ3n) is 4.28. The summed E-state index contributed by atoms with van der Waals surface area (Å²) in [6.07, 6.45) is 2.57. The van der Waals surface area contributed by atoms with Crippen molar-refractivity contribution in [2.75, 3.05) is 5.32 Å². The van der Waals surface area contributed by atoms with Crippen LogP contribution in [0.2, 0.25) is 5.02 Å². The van der Waals surface area contributed by atoms with E-state index >= 15 is 0 Å². The molecule has 2 aromatic carbocycles. The highest BCUT2D eigenvalue weighted by molar-refractivity contribution is 6.30. The SMILES string of the molecule is O=C(Cc1ccccc1F)Nc1onc(-c2ccc(Cl)cc2F)c1-c1ccncn1. The van der Waals surface area contributed by atoms with E-state index in [-0.39, 0.29) is 39.7 Å². The molecule has 9 heteroatoms. The largest absolute Gasteiger partial charge is 0.337 e. The van der Waals surface area contributed by atoms with Crippen molar-refractivity contribution in [2.24, 2.45) is 0 Å². The van der Waals surface area contributed by atoms with Crippen LogP contribution in [0.1, 0.15) is 5.56 Å². The maximum Gasteiger partial charge on any atom is 0.241 e. The molecule has 0 aliphatic rings. The predicted octanol–water partition coefficient (Wildman–Crippen LogP) is 4.91. The number of amides is 1. The Hall–Kier alpha value is -3.65. The lowest BCUT2D eigenvalue weighted by molar-refractivity contribution is -0.115. The lowest BCUT2D eigenvalue weighted by Gasteiger charge is -2.07. The van der Waals surface area contributed by atoms with Crippen LogP contribution in [0.3, 0.4) is 0 Å². The molecule has 0 saturated carbocycles. The van der Waals surface area contributed by atoms with Crippen LogP contribution >= 0.6 is 11.6 Å². The van der Waals surface area contributed by atoms with E-state index in [9.17, 15) is 13.6 Å². The van der Waals surface area contributed by atoms with Crippen molar-refractivity contribution in [3.8, 4) is 22.5 Å². The van der Waals surface area contributed by atoms with Crippen LogP contribution in [0.5, 0.6) is 0 Å². The molecular formula is C21H13ClF2N4O2. The predicted molar refractivity (Wildman–Crippen MR) is 107 cm³/mol. The highest BCUT2D eigenvalue weighted by Crippen LogP contribution is 2.38. The molecule has 0 bridgehead atoms. The van der Waals surface area contributed by atoms with E-state index in [0.717, 1.165) is 6.07 Å². The quantitative estimate of drug-likeness (QED) is 0.490. The van der Waals surface area contributed by atoms with E-state index in [1.54, 1.807) is 12.1 Å². The summed E-state index contributed by atoms with van der Waals surface area (Å²) >= 11 is 5.83. The normalized spacial score (nSPS) is 10.8. The van der Waals surface area contributed by atoms with Crippen LogP contribution in [-0.2, 0) is 11.2 Å². The lowest BCUT2D eigenvalue weighted by Crippen LogP contribution is -2.15. The Balaban J connectivity index is 1.72. The van der Waals surface area contributed by atoms with Gasteiger partial charge in [-0.1, -0.05) is 35.0 Å². The molecule has 2 heterocycles. The van der Waals surface area contributed by atoms with E-state index in [2.05, 4.69) is 20.4 Å². The lowest BCUT2D eigenvalue weighted by atomic mass is 10.0. The average molecular weight is 427 g/mol. The summed E-state index contributed by atoms with van der Waals surface area (Å²) in [4.78, 5) is 20.5. The number of aromatic nitrogens is 3. The molecule has 0 spiro atoms. The first-order chi connectivity index (χ1) is 14.5. The zero-order valence-corrected chi connectivity index (χ0v) is 16.0. The van der Waals surface area contributed by atoms with E-state index in [0.29, 0.717) is 5.69 Å². The van der Waals surface area contributed by atoms with Gasteiger partial charge >= 0.3 is 0 Å². The van der Waals surface area contributed by atoms with Gasteiger partial charge in [0.1, 0.15) is 23.7 Å². The standard InChI is InChI=1S/C21H13ClF2N4O2/c22-13-5-6-14(16(24)10-13)20-19(17-7-8-25-11-26-17)21(30-28-20)27-18(29)9-12-3-1-2-4-15(12)23/h1-8,10-11H,9H2,(H,27,29). The first-order valence-corrected chi connectivity index (χ1v) is 9.15. The van der Waals surface area contributed by atoms with Gasteiger partial charge in [-0.05, 0) is 35.9 Å². The zero-order valence-electron chi connectivity index (χ0n) is 15.3. The Morgan fingerprint density at radius 3 is 2.67 bits per heavy atom. The van der Waals surface area contributed by atoms with Crippen molar-refractivity contribution < 1.29 is 18.1 Å². The number of benzene rings is 2. The molecule has 0 aliphatic heterocycles. The van der Waals surface area contributed by atoms with Gasteiger partial charge < -0.3 is 4.52 Å². The molecule has 0 aliphatic carbocycles. The molecule has 30 heavy (non-hydrogen) atoms. The minimum Gasteiger partial charge on any atom is -0.337 e. The third kappa shape index (κ3) is 4.04. The summed E-state index contributed by atoms with van der Waals surface area (Å²) in [6, 6.07) is 11.6. The smallest absolute Gasteiger partial charge is 0.241 e. The highest BCUT2D eigenvalue weighted by Gasteiger charge is 2.24. The summed E-state index contributed by atoms with van der Waals surface area (Å²) in [6.45, 7) is 0. The fraction of sp³-hybridized carbons (Fsp3) is 0.0476. The number of nitrogens with zero attached hydrogens (tertiary/aromatic N) is 3. The van der Waals surface area contributed by atoms with Crippen molar-refractivity contribution in [2.45, 2.75) is 6.42 Å². The van der Waals surface area contributed by atoms with E-state index in [4.69, 9.17) is 16.1 Å². The molecule has 6 nitrogen and oxygen atoms in total. The Morgan fingerprint density at radius 2 is 1.93 bits per heavy atom. The fourth-order valence-corrected chi connectivity index (χ4v) is 3.06. The van der Waals surface area contributed by atoms with Gasteiger partial charge in [0.15, 0.2) is 0 Å². The Bertz CT molecular complexity index is 1210. The first kappa shape index (κ1) is 19.7. The van der Waals surface area contributed by atoms with Crippen molar-refractivity contribution in [1.82, 2.24) is 15.1 Å². The van der Waals surface area contributed by atoms with Crippen LogP contribution in [0.15, 0.2) is 65.6 Å². The Labute approximate surface area is 174 Å². The summed E-state index contributed by atoms with van der Waals surface area (Å²) in [7, 11) is 0. The molecule has 1 N–H and O–H groups in total. The average Bonchev–Trinajstić information content (AvgIpc) is 3.13. The molecule has 1 amide bonds.